The fourth-order valence-corrected chi connectivity index (χ4v) is 4.96. The van der Waals surface area contributed by atoms with Crippen molar-refractivity contribution in [3.8, 4) is 11.5 Å². The number of carbonyl (C=O) groups is 3. The molecule has 2 heterocycles. The lowest BCUT2D eigenvalue weighted by molar-refractivity contribution is -0.122. The highest BCUT2D eigenvalue weighted by Gasteiger charge is 2.34. The molecule has 40 heavy (non-hydrogen) atoms. The van der Waals surface area contributed by atoms with Gasteiger partial charge in [-0.3, -0.25) is 19.8 Å². The van der Waals surface area contributed by atoms with Crippen LogP contribution < -0.4 is 15.0 Å². The van der Waals surface area contributed by atoms with Crippen molar-refractivity contribution in [2.75, 3.05) is 18.0 Å². The molecule has 0 atom stereocenters. The zero-order valence-corrected chi connectivity index (χ0v) is 22.6. The Hall–Kier alpha value is -4.50. The van der Waals surface area contributed by atoms with E-state index in [4.69, 9.17) is 21.7 Å². The van der Waals surface area contributed by atoms with Crippen LogP contribution >= 0.6 is 12.2 Å². The summed E-state index contributed by atoms with van der Waals surface area (Å²) in [7, 11) is 0. The zero-order chi connectivity index (χ0) is 27.9. The predicted molar refractivity (Wildman–Crippen MR) is 155 cm³/mol. The minimum atomic E-state index is -0.503. The summed E-state index contributed by atoms with van der Waals surface area (Å²) in [5.41, 5.74) is 1.53. The molecular weight excluding hydrogens is 526 g/mol. The minimum absolute atomic E-state index is 0.0335. The largest absolute Gasteiger partial charge is 0.457 e. The van der Waals surface area contributed by atoms with Gasteiger partial charge in [0.2, 0.25) is 0 Å². The van der Waals surface area contributed by atoms with Gasteiger partial charge in [0.05, 0.1) is 5.69 Å². The fourth-order valence-electron chi connectivity index (χ4n) is 4.68. The molecule has 9 heteroatoms. The second-order valence-corrected chi connectivity index (χ2v) is 10.0. The van der Waals surface area contributed by atoms with E-state index < -0.39 is 11.8 Å². The lowest BCUT2D eigenvalue weighted by atomic mass is 9.92. The summed E-state index contributed by atoms with van der Waals surface area (Å²) >= 11 is 5.32. The Morgan fingerprint density at radius 3 is 2.20 bits per heavy atom. The highest BCUT2D eigenvalue weighted by Crippen LogP contribution is 2.28. The van der Waals surface area contributed by atoms with E-state index in [2.05, 4.69) is 5.32 Å². The van der Waals surface area contributed by atoms with Crippen molar-refractivity contribution >= 4 is 40.9 Å². The van der Waals surface area contributed by atoms with Gasteiger partial charge in [0.25, 0.3) is 11.8 Å². The summed E-state index contributed by atoms with van der Waals surface area (Å²) in [6, 6.07) is 25.9. The Balaban J connectivity index is 1.16. The minimum Gasteiger partial charge on any atom is -0.457 e. The second-order valence-electron chi connectivity index (χ2n) is 9.63. The summed E-state index contributed by atoms with van der Waals surface area (Å²) in [5, 5.41) is 2.66. The van der Waals surface area contributed by atoms with Crippen LogP contribution in [0.4, 0.5) is 10.5 Å². The molecule has 2 fully saturated rings. The van der Waals surface area contributed by atoms with Gasteiger partial charge in [-0.25, -0.2) is 4.79 Å². The van der Waals surface area contributed by atoms with Gasteiger partial charge >= 0.3 is 6.09 Å². The van der Waals surface area contributed by atoms with Gasteiger partial charge in [0.1, 0.15) is 23.7 Å². The highest BCUT2D eigenvalue weighted by molar-refractivity contribution is 7.80. The van der Waals surface area contributed by atoms with E-state index in [1.165, 1.54) is 4.90 Å². The Bertz CT molecular complexity index is 1400. The van der Waals surface area contributed by atoms with E-state index in [1.54, 1.807) is 35.2 Å². The van der Waals surface area contributed by atoms with Crippen molar-refractivity contribution < 1.29 is 23.9 Å². The summed E-state index contributed by atoms with van der Waals surface area (Å²) in [4.78, 5) is 41.5. The lowest BCUT2D eigenvalue weighted by Crippen LogP contribution is -2.54. The zero-order valence-electron chi connectivity index (χ0n) is 21.8. The van der Waals surface area contributed by atoms with Crippen LogP contribution in [0, 0.1) is 5.92 Å². The van der Waals surface area contributed by atoms with Gasteiger partial charge in [-0.05, 0) is 79.4 Å². The number of thiocarbonyl (C=S) groups is 1. The maximum Gasteiger partial charge on any atom is 0.410 e. The molecule has 204 valence electrons. The maximum atomic E-state index is 13.3. The Morgan fingerprint density at radius 2 is 1.52 bits per heavy atom. The molecule has 2 aliphatic heterocycles. The molecule has 2 aliphatic rings. The number of rotatable bonds is 7. The standard InChI is InChI=1S/C31H29N3O5S/c35-28-27(16-11-22-17-19-33(20-18-22)31(37)38-21-23-7-3-1-4-8-23)29(36)34(30(40)32-28)24-12-14-26(15-13-24)39-25-9-5-2-6-10-25/h1-10,12-16,22H,11,17-21H2,(H,32,35,40)/b27-16-. The van der Waals surface area contributed by atoms with Crippen LogP contribution in [0.1, 0.15) is 24.8 Å². The number of benzene rings is 3. The molecule has 2 saturated heterocycles. The predicted octanol–water partition coefficient (Wildman–Crippen LogP) is 5.59. The number of likely N-dealkylation sites (tertiary alicyclic amines) is 1. The average Bonchev–Trinajstić information content (AvgIpc) is 2.98. The molecule has 5 rings (SSSR count). The topological polar surface area (TPSA) is 88.2 Å². The SMILES string of the molecule is O=C1NC(=S)N(c2ccc(Oc3ccccc3)cc2)C(=O)/C1=C\CC1CCN(C(=O)OCc2ccccc2)CC1. The van der Waals surface area contributed by atoms with E-state index in [0.29, 0.717) is 36.7 Å². The quantitative estimate of drug-likeness (QED) is 0.232. The van der Waals surface area contributed by atoms with Crippen LogP contribution in [0.15, 0.2) is 96.6 Å². The number of ether oxygens (including phenoxy) is 2. The van der Waals surface area contributed by atoms with E-state index >= 15 is 0 Å². The fraction of sp³-hybridized carbons (Fsp3) is 0.226. The molecule has 8 nitrogen and oxygen atoms in total. The van der Waals surface area contributed by atoms with Crippen LogP contribution in [-0.2, 0) is 20.9 Å². The number of para-hydroxylation sites is 1. The van der Waals surface area contributed by atoms with Gasteiger partial charge in [-0.1, -0.05) is 54.6 Å². The number of piperidine rings is 1. The first-order valence-corrected chi connectivity index (χ1v) is 13.6. The highest BCUT2D eigenvalue weighted by atomic mass is 32.1. The first-order valence-electron chi connectivity index (χ1n) is 13.2. The number of amides is 3. The van der Waals surface area contributed by atoms with Crippen LogP contribution in [-0.4, -0.2) is 41.0 Å². The molecule has 3 amide bonds. The Kier molecular flexibility index (Phi) is 8.51. The maximum absolute atomic E-state index is 13.3. The van der Waals surface area contributed by atoms with Gasteiger partial charge < -0.3 is 14.4 Å². The van der Waals surface area contributed by atoms with Crippen molar-refractivity contribution in [2.24, 2.45) is 5.92 Å². The molecule has 0 aromatic heterocycles. The molecule has 0 unspecified atom stereocenters. The van der Waals surface area contributed by atoms with Crippen LogP contribution in [0.3, 0.4) is 0 Å². The molecule has 0 radical (unpaired) electrons. The first kappa shape index (κ1) is 27.1. The second kappa shape index (κ2) is 12.6. The van der Waals surface area contributed by atoms with Gasteiger partial charge in [-0.15, -0.1) is 0 Å². The third kappa shape index (κ3) is 6.55. The number of allylic oxidation sites excluding steroid dienone is 1. The first-order chi connectivity index (χ1) is 19.5. The van der Waals surface area contributed by atoms with Crippen molar-refractivity contribution in [1.82, 2.24) is 10.2 Å². The Labute approximate surface area is 238 Å². The summed E-state index contributed by atoms with van der Waals surface area (Å²) in [5.74, 6) is 0.584. The number of hydrogen-bond acceptors (Lipinski definition) is 6. The molecule has 0 spiro atoms. The molecule has 0 bridgehead atoms. The molecule has 3 aromatic rings. The number of anilines is 1. The van der Waals surface area contributed by atoms with Gasteiger partial charge in [-0.2, -0.15) is 0 Å². The van der Waals surface area contributed by atoms with Crippen molar-refractivity contribution in [3.63, 3.8) is 0 Å². The average molecular weight is 556 g/mol. The van der Waals surface area contributed by atoms with Crippen molar-refractivity contribution in [1.29, 1.82) is 0 Å². The Morgan fingerprint density at radius 1 is 0.900 bits per heavy atom. The molecular formula is C31H29N3O5S. The number of nitrogens with zero attached hydrogens (tertiary/aromatic N) is 2. The molecule has 0 aliphatic carbocycles. The van der Waals surface area contributed by atoms with Gasteiger partial charge in [0.15, 0.2) is 5.11 Å². The monoisotopic (exact) mass is 555 g/mol. The normalized spacial score (nSPS) is 17.1. The summed E-state index contributed by atoms with van der Waals surface area (Å²) in [6.45, 7) is 1.37. The molecule has 0 saturated carbocycles. The lowest BCUT2D eigenvalue weighted by Gasteiger charge is -2.31. The van der Waals surface area contributed by atoms with E-state index in [0.717, 1.165) is 18.4 Å². The number of nitrogens with one attached hydrogen (secondary N) is 1. The number of carbonyl (C=O) groups excluding carboxylic acids is 3. The molecule has 3 aromatic carbocycles. The number of hydrogen-bond donors (Lipinski definition) is 1. The summed E-state index contributed by atoms with van der Waals surface area (Å²) < 4.78 is 11.3. The van der Waals surface area contributed by atoms with E-state index in [1.807, 2.05) is 60.7 Å². The van der Waals surface area contributed by atoms with Crippen molar-refractivity contribution in [3.05, 3.63) is 102 Å². The van der Waals surface area contributed by atoms with Crippen molar-refractivity contribution in [2.45, 2.75) is 25.9 Å². The third-order valence-electron chi connectivity index (χ3n) is 6.91. The van der Waals surface area contributed by atoms with E-state index in [-0.39, 0.29) is 29.3 Å². The van der Waals surface area contributed by atoms with Crippen LogP contribution in [0.2, 0.25) is 0 Å². The van der Waals surface area contributed by atoms with E-state index in [9.17, 15) is 14.4 Å². The van der Waals surface area contributed by atoms with Crippen LogP contribution in [0.5, 0.6) is 11.5 Å². The molecule has 1 N–H and O–H groups in total. The summed E-state index contributed by atoms with van der Waals surface area (Å²) in [6.07, 6.45) is 3.42. The van der Waals surface area contributed by atoms with Crippen LogP contribution in [0.25, 0.3) is 0 Å². The third-order valence-corrected chi connectivity index (χ3v) is 7.19. The smallest absolute Gasteiger partial charge is 0.410 e. The van der Waals surface area contributed by atoms with Gasteiger partial charge in [0, 0.05) is 13.1 Å².